The molecule has 3 nitrogen and oxygen atoms in total. The van der Waals surface area contributed by atoms with Gasteiger partial charge in [0.1, 0.15) is 0 Å². The minimum absolute atomic E-state index is 0.0568. The van der Waals surface area contributed by atoms with Crippen LogP contribution in [-0.2, 0) is 4.79 Å². The molecule has 3 atom stereocenters. The Morgan fingerprint density at radius 3 is 2.86 bits per heavy atom. The average Bonchev–Trinajstić information content (AvgIpc) is 3.26. The Bertz CT molecular complexity index is 472. The molecule has 0 aliphatic heterocycles. The Balaban J connectivity index is 1.82. The van der Waals surface area contributed by atoms with Gasteiger partial charge in [-0.25, -0.2) is 0 Å². The van der Waals surface area contributed by atoms with Gasteiger partial charge in [-0.05, 0) is 42.7 Å². The molecule has 0 heterocycles. The lowest BCUT2D eigenvalue weighted by Gasteiger charge is -2.15. The summed E-state index contributed by atoms with van der Waals surface area (Å²) < 4.78 is 0. The zero-order valence-corrected chi connectivity index (χ0v) is 13.3. The maximum atomic E-state index is 12.2. The van der Waals surface area contributed by atoms with Crippen LogP contribution in [0, 0.1) is 11.8 Å². The van der Waals surface area contributed by atoms with E-state index in [-0.39, 0.29) is 24.3 Å². The van der Waals surface area contributed by atoms with Gasteiger partial charge < -0.3 is 10.4 Å². The van der Waals surface area contributed by atoms with Crippen LogP contribution < -0.4 is 5.32 Å². The van der Waals surface area contributed by atoms with Gasteiger partial charge >= 0.3 is 0 Å². The molecule has 0 aromatic heterocycles. The van der Waals surface area contributed by atoms with E-state index in [0.717, 1.165) is 36.3 Å². The molecule has 1 aliphatic carbocycles. The van der Waals surface area contributed by atoms with Gasteiger partial charge in [-0.1, -0.05) is 43.1 Å². The van der Waals surface area contributed by atoms with Crippen molar-refractivity contribution in [3.63, 3.8) is 0 Å². The van der Waals surface area contributed by atoms with Crippen molar-refractivity contribution in [2.75, 3.05) is 13.2 Å². The van der Waals surface area contributed by atoms with Crippen LogP contribution in [0.4, 0.5) is 0 Å². The topological polar surface area (TPSA) is 49.3 Å². The van der Waals surface area contributed by atoms with E-state index in [2.05, 4.69) is 12.2 Å². The lowest BCUT2D eigenvalue weighted by molar-refractivity contribution is -0.122. The molecular formula is C17H24ClNO2. The minimum atomic E-state index is 0.0568. The number of halogens is 1. The predicted octanol–water partition coefficient (Wildman–Crippen LogP) is 3.36. The van der Waals surface area contributed by atoms with Crippen LogP contribution in [-0.4, -0.2) is 24.2 Å². The highest BCUT2D eigenvalue weighted by Gasteiger charge is 2.44. The lowest BCUT2D eigenvalue weighted by atomic mass is 10.00. The Kier molecular flexibility index (Phi) is 6.07. The molecule has 1 saturated carbocycles. The van der Waals surface area contributed by atoms with E-state index in [1.165, 1.54) is 0 Å². The van der Waals surface area contributed by atoms with E-state index in [0.29, 0.717) is 12.5 Å². The van der Waals surface area contributed by atoms with E-state index in [1.54, 1.807) is 0 Å². The fourth-order valence-corrected chi connectivity index (χ4v) is 3.20. The number of hydrogen-bond acceptors (Lipinski definition) is 2. The second kappa shape index (κ2) is 7.81. The number of aliphatic hydroxyl groups is 1. The Labute approximate surface area is 131 Å². The van der Waals surface area contributed by atoms with Crippen LogP contribution in [0.15, 0.2) is 24.3 Å². The molecule has 2 N–H and O–H groups in total. The van der Waals surface area contributed by atoms with E-state index in [4.69, 9.17) is 16.7 Å². The summed E-state index contributed by atoms with van der Waals surface area (Å²) in [7, 11) is 0. The number of rotatable bonds is 8. The SMILES string of the molecule is CCCC(CCO)CNC(=O)C1CC1c1ccccc1Cl. The Hall–Kier alpha value is -1.06. The molecule has 21 heavy (non-hydrogen) atoms. The number of amides is 1. The molecule has 0 spiro atoms. The van der Waals surface area contributed by atoms with Crippen LogP contribution in [0.3, 0.4) is 0 Å². The third-order valence-corrected chi connectivity index (χ3v) is 4.58. The maximum Gasteiger partial charge on any atom is 0.223 e. The molecule has 1 aliphatic rings. The van der Waals surface area contributed by atoms with Gasteiger partial charge in [0.15, 0.2) is 0 Å². The van der Waals surface area contributed by atoms with Crippen molar-refractivity contribution < 1.29 is 9.90 Å². The zero-order valence-electron chi connectivity index (χ0n) is 12.5. The largest absolute Gasteiger partial charge is 0.396 e. The molecule has 4 heteroatoms. The fourth-order valence-electron chi connectivity index (χ4n) is 2.92. The van der Waals surface area contributed by atoms with Crippen molar-refractivity contribution in [2.24, 2.45) is 11.8 Å². The van der Waals surface area contributed by atoms with Crippen molar-refractivity contribution in [3.8, 4) is 0 Å². The van der Waals surface area contributed by atoms with Crippen LogP contribution in [0.1, 0.15) is 44.1 Å². The number of nitrogens with one attached hydrogen (secondary N) is 1. The summed E-state index contributed by atoms with van der Waals surface area (Å²) in [6.45, 7) is 2.98. The molecule has 2 rings (SSSR count). The van der Waals surface area contributed by atoms with Gasteiger partial charge in [-0.3, -0.25) is 4.79 Å². The normalized spacial score (nSPS) is 21.9. The third-order valence-electron chi connectivity index (χ3n) is 4.23. The smallest absolute Gasteiger partial charge is 0.223 e. The van der Waals surface area contributed by atoms with Crippen molar-refractivity contribution >= 4 is 17.5 Å². The summed E-state index contributed by atoms with van der Waals surface area (Å²) in [5.74, 6) is 0.822. The van der Waals surface area contributed by atoms with Crippen LogP contribution in [0.25, 0.3) is 0 Å². The number of hydrogen-bond donors (Lipinski definition) is 2. The van der Waals surface area contributed by atoms with Crippen molar-refractivity contribution in [3.05, 3.63) is 34.9 Å². The second-order valence-electron chi connectivity index (χ2n) is 5.88. The van der Waals surface area contributed by atoms with Gasteiger partial charge in [-0.15, -0.1) is 0 Å². The third kappa shape index (κ3) is 4.45. The van der Waals surface area contributed by atoms with Gasteiger partial charge in [0.25, 0.3) is 0 Å². The fraction of sp³-hybridized carbons (Fsp3) is 0.588. The van der Waals surface area contributed by atoms with Gasteiger partial charge in [0, 0.05) is 24.1 Å². The van der Waals surface area contributed by atoms with E-state index in [1.807, 2.05) is 24.3 Å². The molecule has 1 amide bonds. The van der Waals surface area contributed by atoms with Crippen molar-refractivity contribution in [1.82, 2.24) is 5.32 Å². The molecule has 0 bridgehead atoms. The minimum Gasteiger partial charge on any atom is -0.396 e. The molecule has 0 saturated heterocycles. The quantitative estimate of drug-likeness (QED) is 0.773. The maximum absolute atomic E-state index is 12.2. The first-order valence-corrected chi connectivity index (χ1v) is 8.18. The summed E-state index contributed by atoms with van der Waals surface area (Å²) in [5.41, 5.74) is 1.08. The highest BCUT2D eigenvalue weighted by atomic mass is 35.5. The van der Waals surface area contributed by atoms with Crippen molar-refractivity contribution in [2.45, 2.75) is 38.5 Å². The first-order chi connectivity index (χ1) is 10.2. The number of benzene rings is 1. The second-order valence-corrected chi connectivity index (χ2v) is 6.29. The monoisotopic (exact) mass is 309 g/mol. The first-order valence-electron chi connectivity index (χ1n) is 7.80. The average molecular weight is 310 g/mol. The summed E-state index contributed by atoms with van der Waals surface area (Å²) >= 11 is 6.18. The standard InChI is InChI=1S/C17H24ClNO2/c1-2-5-12(8-9-20)11-19-17(21)15-10-14(15)13-6-3-4-7-16(13)18/h3-4,6-7,12,14-15,20H,2,5,8-11H2,1H3,(H,19,21). The number of carbonyl (C=O) groups excluding carboxylic acids is 1. The highest BCUT2D eigenvalue weighted by Crippen LogP contribution is 2.49. The Morgan fingerprint density at radius 2 is 2.19 bits per heavy atom. The van der Waals surface area contributed by atoms with Gasteiger partial charge in [-0.2, -0.15) is 0 Å². The molecule has 0 radical (unpaired) electrons. The predicted molar refractivity (Wildman–Crippen MR) is 85.4 cm³/mol. The highest BCUT2D eigenvalue weighted by molar-refractivity contribution is 6.31. The van der Waals surface area contributed by atoms with Gasteiger partial charge in [0.2, 0.25) is 5.91 Å². The summed E-state index contributed by atoms with van der Waals surface area (Å²) in [6, 6.07) is 7.76. The lowest BCUT2D eigenvalue weighted by Crippen LogP contribution is -2.31. The molecule has 1 aromatic carbocycles. The van der Waals surface area contributed by atoms with Crippen LogP contribution >= 0.6 is 11.6 Å². The molecule has 1 fully saturated rings. The summed E-state index contributed by atoms with van der Waals surface area (Å²) in [4.78, 5) is 12.2. The molecule has 116 valence electrons. The molecular weight excluding hydrogens is 286 g/mol. The number of carbonyl (C=O) groups is 1. The summed E-state index contributed by atoms with van der Waals surface area (Å²) in [6.07, 6.45) is 3.76. The van der Waals surface area contributed by atoms with Crippen LogP contribution in [0.2, 0.25) is 5.02 Å². The van der Waals surface area contributed by atoms with E-state index >= 15 is 0 Å². The molecule has 3 unspecified atom stereocenters. The van der Waals surface area contributed by atoms with E-state index < -0.39 is 0 Å². The van der Waals surface area contributed by atoms with Gasteiger partial charge in [0.05, 0.1) is 0 Å². The Morgan fingerprint density at radius 1 is 1.43 bits per heavy atom. The zero-order chi connectivity index (χ0) is 15.2. The number of aliphatic hydroxyl groups excluding tert-OH is 1. The first kappa shape index (κ1) is 16.3. The van der Waals surface area contributed by atoms with E-state index in [9.17, 15) is 4.79 Å². The summed E-state index contributed by atoms with van der Waals surface area (Å²) in [5, 5.41) is 12.8. The van der Waals surface area contributed by atoms with Crippen LogP contribution in [0.5, 0.6) is 0 Å². The van der Waals surface area contributed by atoms with Crippen molar-refractivity contribution in [1.29, 1.82) is 0 Å². The molecule has 1 aromatic rings.